The highest BCUT2D eigenvalue weighted by molar-refractivity contribution is 7.18. The Balaban J connectivity index is 1.55. The number of carboxylic acid groups (broad SMARTS) is 1. The molecule has 0 saturated heterocycles. The number of alkyl halides is 3. The van der Waals surface area contributed by atoms with E-state index in [2.05, 4.69) is 9.97 Å². The molecule has 0 aliphatic heterocycles. The van der Waals surface area contributed by atoms with Crippen LogP contribution in [0.5, 0.6) is 5.75 Å². The molecule has 3 aromatic heterocycles. The van der Waals surface area contributed by atoms with Crippen LogP contribution >= 0.6 is 22.9 Å². The zero-order valence-electron chi connectivity index (χ0n) is 25.3. The quantitative estimate of drug-likeness (QED) is 0.203. The maximum atomic E-state index is 14.1. The fourth-order valence-electron chi connectivity index (χ4n) is 5.24. The Labute approximate surface area is 274 Å². The minimum absolute atomic E-state index is 0.0615. The molecule has 0 bridgehead atoms. The third kappa shape index (κ3) is 6.36. The van der Waals surface area contributed by atoms with E-state index in [4.69, 9.17) is 16.3 Å². The predicted octanol–water partition coefficient (Wildman–Crippen LogP) is 6.24. The van der Waals surface area contributed by atoms with Gasteiger partial charge in [0.05, 0.1) is 50.8 Å². The smallest absolute Gasteiger partial charge is 0.416 e. The standard InChI is InChI=1S/C32H25ClF3N5O5S/c1-15-9-20(29-28(38-15)22(14-47-29)31(44)45)19-10-17(33)5-6-25(19)46-8-7-41-16(2)39-24-12-23(32(34,35)36)18(11-26(42)40(3)4)21(13-37)27(24)30(41)43/h5-6,9-10,12,14H,7-8,11H2,1-4H3,(H,44,45). The second kappa shape index (κ2) is 12.7. The van der Waals surface area contributed by atoms with Crippen molar-refractivity contribution in [3.8, 4) is 22.9 Å². The summed E-state index contributed by atoms with van der Waals surface area (Å²) in [6.45, 7) is 2.98. The summed E-state index contributed by atoms with van der Waals surface area (Å²) >= 11 is 7.54. The van der Waals surface area contributed by atoms with Gasteiger partial charge in [0, 0.05) is 41.3 Å². The number of carboxylic acids is 1. The van der Waals surface area contributed by atoms with Crippen molar-refractivity contribution < 1.29 is 32.6 Å². The van der Waals surface area contributed by atoms with Crippen LogP contribution < -0.4 is 10.3 Å². The van der Waals surface area contributed by atoms with Gasteiger partial charge in [0.15, 0.2) is 0 Å². The van der Waals surface area contributed by atoms with Crippen LogP contribution in [-0.2, 0) is 23.9 Å². The van der Waals surface area contributed by atoms with Crippen LogP contribution in [0.4, 0.5) is 13.2 Å². The van der Waals surface area contributed by atoms with E-state index in [1.165, 1.54) is 42.3 Å². The van der Waals surface area contributed by atoms with Crippen molar-refractivity contribution in [2.45, 2.75) is 33.0 Å². The number of thiophene rings is 1. The Hall–Kier alpha value is -5.00. The molecular formula is C32H25ClF3N5O5S. The molecule has 10 nitrogen and oxygen atoms in total. The largest absolute Gasteiger partial charge is 0.491 e. The number of fused-ring (bicyclic) bond motifs is 2. The van der Waals surface area contributed by atoms with Gasteiger partial charge in [-0.3, -0.25) is 19.1 Å². The number of hydrogen-bond acceptors (Lipinski definition) is 8. The SMILES string of the molecule is Cc1cc(-c2cc(Cl)ccc2OCCn2c(C)nc3cc(C(F)(F)F)c(CC(=O)N(C)C)c(C#N)c3c2=O)c2scc(C(=O)O)c2n1. The van der Waals surface area contributed by atoms with Crippen molar-refractivity contribution in [2.75, 3.05) is 20.7 Å². The lowest BCUT2D eigenvalue weighted by molar-refractivity contribution is -0.138. The fourth-order valence-corrected chi connectivity index (χ4v) is 6.42. The number of hydrogen-bond donors (Lipinski definition) is 1. The summed E-state index contributed by atoms with van der Waals surface area (Å²) in [5, 5.41) is 21.1. The number of halogens is 4. The molecule has 5 rings (SSSR count). The summed E-state index contributed by atoms with van der Waals surface area (Å²) in [4.78, 5) is 47.7. The van der Waals surface area contributed by atoms with E-state index in [9.17, 15) is 37.9 Å². The van der Waals surface area contributed by atoms with Gasteiger partial charge in [-0.05, 0) is 49.7 Å². The van der Waals surface area contributed by atoms with Crippen LogP contribution in [-0.4, -0.2) is 57.1 Å². The molecule has 0 spiro atoms. The molecule has 3 heterocycles. The minimum atomic E-state index is -4.91. The van der Waals surface area contributed by atoms with Crippen LogP contribution in [0.1, 0.15) is 38.6 Å². The zero-order chi connectivity index (χ0) is 34.4. The van der Waals surface area contributed by atoms with Crippen molar-refractivity contribution >= 4 is 55.9 Å². The van der Waals surface area contributed by atoms with Gasteiger partial charge in [0.1, 0.15) is 24.3 Å². The number of amides is 1. The highest BCUT2D eigenvalue weighted by Crippen LogP contribution is 2.40. The van der Waals surface area contributed by atoms with Crippen molar-refractivity contribution in [2.24, 2.45) is 0 Å². The van der Waals surface area contributed by atoms with E-state index in [0.29, 0.717) is 43.9 Å². The number of likely N-dealkylation sites (N-methyl/N-ethyl adjacent to an activating group) is 1. The first-order valence-electron chi connectivity index (χ1n) is 13.9. The van der Waals surface area contributed by atoms with E-state index in [1.54, 1.807) is 37.3 Å². The normalized spacial score (nSPS) is 11.6. The van der Waals surface area contributed by atoms with Crippen LogP contribution in [0, 0.1) is 25.2 Å². The van der Waals surface area contributed by atoms with Crippen molar-refractivity contribution in [1.82, 2.24) is 19.4 Å². The first-order valence-corrected chi connectivity index (χ1v) is 15.2. The van der Waals surface area contributed by atoms with Crippen LogP contribution in [0.3, 0.4) is 0 Å². The Morgan fingerprint density at radius 3 is 2.51 bits per heavy atom. The molecule has 1 amide bonds. The van der Waals surface area contributed by atoms with E-state index in [1.807, 2.05) is 0 Å². The molecule has 5 aromatic rings. The molecule has 2 aromatic carbocycles. The number of nitrogens with zero attached hydrogens (tertiary/aromatic N) is 5. The third-order valence-corrected chi connectivity index (χ3v) is 8.71. The summed E-state index contributed by atoms with van der Waals surface area (Å²) in [6.07, 6.45) is -5.65. The number of nitriles is 1. The number of aryl methyl sites for hydroxylation is 2. The highest BCUT2D eigenvalue weighted by atomic mass is 35.5. The first-order chi connectivity index (χ1) is 22.1. The lowest BCUT2D eigenvalue weighted by Crippen LogP contribution is -2.29. The molecule has 0 atom stereocenters. The zero-order valence-corrected chi connectivity index (χ0v) is 26.9. The lowest BCUT2D eigenvalue weighted by Gasteiger charge is -2.19. The molecule has 0 aliphatic rings. The molecule has 0 aliphatic carbocycles. The summed E-state index contributed by atoms with van der Waals surface area (Å²) < 4.78 is 50.1. The van der Waals surface area contributed by atoms with Gasteiger partial charge in [0.2, 0.25) is 5.91 Å². The summed E-state index contributed by atoms with van der Waals surface area (Å²) in [6, 6.07) is 9.08. The number of ether oxygens (including phenoxy) is 1. The molecule has 0 radical (unpaired) electrons. The maximum absolute atomic E-state index is 14.1. The number of aromatic nitrogens is 3. The van der Waals surface area contributed by atoms with Gasteiger partial charge >= 0.3 is 12.1 Å². The monoisotopic (exact) mass is 683 g/mol. The average molecular weight is 684 g/mol. The number of carbonyl (C=O) groups excluding carboxylic acids is 1. The fraction of sp³-hybridized carbons (Fsp3) is 0.250. The van der Waals surface area contributed by atoms with Gasteiger partial charge in [-0.15, -0.1) is 11.3 Å². The maximum Gasteiger partial charge on any atom is 0.416 e. The molecule has 242 valence electrons. The molecule has 15 heteroatoms. The van der Waals surface area contributed by atoms with Crippen LogP contribution in [0.2, 0.25) is 5.02 Å². The summed E-state index contributed by atoms with van der Waals surface area (Å²) in [5.41, 5.74) is -1.31. The van der Waals surface area contributed by atoms with Crippen molar-refractivity contribution in [1.29, 1.82) is 5.26 Å². The van der Waals surface area contributed by atoms with E-state index < -0.39 is 46.7 Å². The van der Waals surface area contributed by atoms with Gasteiger partial charge in [-0.1, -0.05) is 11.6 Å². The second-order valence-corrected chi connectivity index (χ2v) is 12.1. The van der Waals surface area contributed by atoms with Crippen LogP contribution in [0.25, 0.3) is 32.2 Å². The summed E-state index contributed by atoms with van der Waals surface area (Å²) in [7, 11) is 2.75. The van der Waals surface area contributed by atoms with E-state index in [0.717, 1.165) is 4.90 Å². The number of benzene rings is 2. The molecule has 1 N–H and O–H groups in total. The Bertz CT molecular complexity index is 2200. The highest BCUT2D eigenvalue weighted by Gasteiger charge is 2.37. The molecular weight excluding hydrogens is 659 g/mol. The van der Waals surface area contributed by atoms with E-state index in [-0.39, 0.29) is 35.4 Å². The number of rotatable bonds is 8. The van der Waals surface area contributed by atoms with Gasteiger partial charge in [-0.2, -0.15) is 18.4 Å². The van der Waals surface area contributed by atoms with Gasteiger partial charge in [0.25, 0.3) is 5.56 Å². The van der Waals surface area contributed by atoms with E-state index >= 15 is 0 Å². The molecule has 47 heavy (non-hydrogen) atoms. The van der Waals surface area contributed by atoms with Crippen molar-refractivity contribution in [3.63, 3.8) is 0 Å². The Morgan fingerprint density at radius 2 is 1.87 bits per heavy atom. The minimum Gasteiger partial charge on any atom is -0.491 e. The molecule has 0 unspecified atom stereocenters. The Kier molecular flexibility index (Phi) is 8.98. The van der Waals surface area contributed by atoms with Crippen molar-refractivity contribution in [3.05, 3.63) is 84.9 Å². The van der Waals surface area contributed by atoms with Crippen LogP contribution in [0.15, 0.2) is 40.5 Å². The molecule has 0 saturated carbocycles. The topological polar surface area (TPSA) is 138 Å². The second-order valence-electron chi connectivity index (χ2n) is 10.8. The molecule has 0 fully saturated rings. The average Bonchev–Trinajstić information content (AvgIpc) is 3.42. The third-order valence-electron chi connectivity index (χ3n) is 7.48. The first kappa shape index (κ1) is 33.4. The summed E-state index contributed by atoms with van der Waals surface area (Å²) in [5.74, 6) is -1.34. The number of aromatic carboxylic acids is 1. The van der Waals surface area contributed by atoms with Gasteiger partial charge in [-0.25, -0.2) is 9.78 Å². The number of carbonyl (C=O) groups is 2. The lowest BCUT2D eigenvalue weighted by atomic mass is 9.94. The number of pyridine rings is 1. The Morgan fingerprint density at radius 1 is 1.15 bits per heavy atom. The predicted molar refractivity (Wildman–Crippen MR) is 170 cm³/mol. The van der Waals surface area contributed by atoms with Gasteiger partial charge < -0.3 is 14.7 Å².